The van der Waals surface area contributed by atoms with E-state index in [0.717, 1.165) is 30.5 Å². The van der Waals surface area contributed by atoms with E-state index in [4.69, 9.17) is 16.3 Å². The largest absolute Gasteiger partial charge is 0.466 e. The Bertz CT molecular complexity index is 1060. The predicted octanol–water partition coefficient (Wildman–Crippen LogP) is 5.19. The van der Waals surface area contributed by atoms with Crippen molar-refractivity contribution in [3.05, 3.63) is 70.0 Å². The number of likely N-dealkylation sites (tertiary alicyclic amines) is 2. The molecule has 0 N–H and O–H groups in total. The molecule has 0 bridgehead atoms. The number of rotatable bonds is 6. The zero-order valence-corrected chi connectivity index (χ0v) is 21.3. The number of aryl methyl sites for hydroxylation is 1. The Balaban J connectivity index is 1.54. The smallest absolute Gasteiger partial charge is 0.310 e. The highest BCUT2D eigenvalue weighted by Gasteiger charge is 2.37. The van der Waals surface area contributed by atoms with Crippen molar-refractivity contribution in [2.24, 2.45) is 11.8 Å². The molecule has 4 rings (SSSR count). The Labute approximate surface area is 212 Å². The molecule has 2 heterocycles. The van der Waals surface area contributed by atoms with Crippen molar-refractivity contribution in [3.63, 3.8) is 0 Å². The Morgan fingerprint density at radius 2 is 1.91 bits per heavy atom. The summed E-state index contributed by atoms with van der Waals surface area (Å²) in [5.74, 6) is -0.706. The van der Waals surface area contributed by atoms with E-state index < -0.39 is 0 Å². The third-order valence-electron chi connectivity index (χ3n) is 7.23. The van der Waals surface area contributed by atoms with Crippen LogP contribution in [0.15, 0.2) is 42.5 Å². The number of benzene rings is 2. The van der Waals surface area contributed by atoms with Crippen LogP contribution in [-0.2, 0) is 20.9 Å². The monoisotopic (exact) mass is 500 g/mol. The lowest BCUT2D eigenvalue weighted by molar-refractivity contribution is -0.152. The molecule has 0 aromatic heterocycles. The van der Waals surface area contributed by atoms with E-state index in [0.29, 0.717) is 49.8 Å². The molecule has 0 aliphatic carbocycles. The molecule has 2 fully saturated rings. The van der Waals surface area contributed by atoms with E-state index in [9.17, 15) is 14.0 Å². The van der Waals surface area contributed by atoms with Crippen molar-refractivity contribution >= 4 is 23.5 Å². The molecule has 0 spiro atoms. The van der Waals surface area contributed by atoms with Gasteiger partial charge in [-0.05, 0) is 67.9 Å². The number of esters is 1. The lowest BCUT2D eigenvalue weighted by Crippen LogP contribution is -2.50. The van der Waals surface area contributed by atoms with Gasteiger partial charge in [0.05, 0.1) is 18.4 Å². The molecule has 2 aromatic carbocycles. The second kappa shape index (κ2) is 11.5. The first-order valence-electron chi connectivity index (χ1n) is 12.5. The summed E-state index contributed by atoms with van der Waals surface area (Å²) in [4.78, 5) is 30.1. The van der Waals surface area contributed by atoms with Gasteiger partial charge in [0.15, 0.2) is 0 Å². The van der Waals surface area contributed by atoms with Crippen LogP contribution in [0.25, 0.3) is 0 Å². The number of carbonyl (C=O) groups excluding carboxylic acids is 2. The zero-order valence-electron chi connectivity index (χ0n) is 20.5. The van der Waals surface area contributed by atoms with Gasteiger partial charge in [0.2, 0.25) is 5.91 Å². The van der Waals surface area contributed by atoms with E-state index in [1.165, 1.54) is 6.07 Å². The molecule has 0 unspecified atom stereocenters. The lowest BCUT2D eigenvalue weighted by atomic mass is 9.82. The Kier molecular flexibility index (Phi) is 8.45. The van der Waals surface area contributed by atoms with Crippen LogP contribution in [0.5, 0.6) is 0 Å². The fraction of sp³-hybridized carbons (Fsp3) is 0.500. The molecular weight excluding hydrogens is 467 g/mol. The fourth-order valence-corrected chi connectivity index (χ4v) is 5.61. The number of hydrogen-bond donors (Lipinski definition) is 0. The van der Waals surface area contributed by atoms with Crippen LogP contribution in [-0.4, -0.2) is 54.5 Å². The second-order valence-corrected chi connectivity index (χ2v) is 10.2. The van der Waals surface area contributed by atoms with E-state index in [1.807, 2.05) is 41.3 Å². The van der Waals surface area contributed by atoms with Crippen molar-refractivity contribution in [2.45, 2.75) is 45.6 Å². The van der Waals surface area contributed by atoms with Gasteiger partial charge in [-0.3, -0.25) is 14.5 Å². The van der Waals surface area contributed by atoms with Crippen molar-refractivity contribution in [3.8, 4) is 0 Å². The number of nitrogens with zero attached hydrogens (tertiary/aromatic N) is 2. The predicted molar refractivity (Wildman–Crippen MR) is 135 cm³/mol. The van der Waals surface area contributed by atoms with Gasteiger partial charge in [0.1, 0.15) is 5.82 Å². The van der Waals surface area contributed by atoms with Gasteiger partial charge in [0, 0.05) is 37.7 Å². The maximum absolute atomic E-state index is 14.0. The van der Waals surface area contributed by atoms with Crippen LogP contribution < -0.4 is 0 Å². The summed E-state index contributed by atoms with van der Waals surface area (Å²) < 4.78 is 19.2. The quantitative estimate of drug-likeness (QED) is 0.512. The number of halogens is 2. The minimum Gasteiger partial charge on any atom is -0.466 e. The summed E-state index contributed by atoms with van der Waals surface area (Å²) in [5, 5.41) is 0.712. The summed E-state index contributed by atoms with van der Waals surface area (Å²) >= 11 is 6.44. The minimum absolute atomic E-state index is 0.0895. The summed E-state index contributed by atoms with van der Waals surface area (Å²) in [6.45, 7) is 7.04. The Morgan fingerprint density at radius 3 is 2.66 bits per heavy atom. The topological polar surface area (TPSA) is 49.9 Å². The van der Waals surface area contributed by atoms with Gasteiger partial charge in [-0.1, -0.05) is 41.9 Å². The van der Waals surface area contributed by atoms with Crippen LogP contribution in [0.3, 0.4) is 0 Å². The van der Waals surface area contributed by atoms with Gasteiger partial charge in [0.25, 0.3) is 0 Å². The van der Waals surface area contributed by atoms with Crippen LogP contribution in [0.1, 0.15) is 48.8 Å². The zero-order chi connectivity index (χ0) is 24.9. The molecule has 0 saturated carbocycles. The molecule has 3 atom stereocenters. The normalized spacial score (nSPS) is 23.2. The molecular formula is C28H34ClFN2O3. The molecule has 2 saturated heterocycles. The summed E-state index contributed by atoms with van der Waals surface area (Å²) in [5.41, 5.74) is 2.69. The van der Waals surface area contributed by atoms with Gasteiger partial charge in [-0.15, -0.1) is 0 Å². The Hall–Kier alpha value is -2.44. The average molecular weight is 501 g/mol. The molecule has 2 aromatic rings. The van der Waals surface area contributed by atoms with Crippen molar-refractivity contribution in [2.75, 3.05) is 32.8 Å². The second-order valence-electron chi connectivity index (χ2n) is 9.80. The highest BCUT2D eigenvalue weighted by atomic mass is 35.5. The first-order valence-corrected chi connectivity index (χ1v) is 12.9. The average Bonchev–Trinajstić information content (AvgIpc) is 2.86. The number of amides is 1. The molecule has 5 nitrogen and oxygen atoms in total. The minimum atomic E-state index is -0.258. The van der Waals surface area contributed by atoms with Gasteiger partial charge in [-0.2, -0.15) is 0 Å². The number of ether oxygens (including phenoxy) is 1. The van der Waals surface area contributed by atoms with E-state index in [-0.39, 0.29) is 35.4 Å². The van der Waals surface area contributed by atoms with E-state index in [2.05, 4.69) is 4.90 Å². The molecule has 2 aliphatic rings. The van der Waals surface area contributed by atoms with Crippen molar-refractivity contribution < 1.29 is 18.7 Å². The maximum atomic E-state index is 14.0. The van der Waals surface area contributed by atoms with Gasteiger partial charge < -0.3 is 9.64 Å². The molecule has 0 radical (unpaired) electrons. The van der Waals surface area contributed by atoms with Crippen LogP contribution in [0, 0.1) is 24.6 Å². The maximum Gasteiger partial charge on any atom is 0.310 e. The first-order chi connectivity index (χ1) is 16.9. The van der Waals surface area contributed by atoms with Crippen LogP contribution in [0.2, 0.25) is 5.02 Å². The summed E-state index contributed by atoms with van der Waals surface area (Å²) in [6, 6.07) is 13.0. The molecule has 1 amide bonds. The summed E-state index contributed by atoms with van der Waals surface area (Å²) in [6.07, 6.45) is 2.25. The van der Waals surface area contributed by atoms with Gasteiger partial charge in [-0.25, -0.2) is 4.39 Å². The van der Waals surface area contributed by atoms with E-state index >= 15 is 0 Å². The number of hydrogen-bond acceptors (Lipinski definition) is 4. The highest BCUT2D eigenvalue weighted by Crippen LogP contribution is 2.34. The molecule has 35 heavy (non-hydrogen) atoms. The number of piperidine rings is 2. The molecule has 2 aliphatic heterocycles. The van der Waals surface area contributed by atoms with E-state index in [1.54, 1.807) is 13.8 Å². The SMILES string of the molecule is CCOC(=O)[C@H]1CCCN(C(=O)[C@@H]2C[C@@H](c3ccc(F)c(C)c3)CN(Cc3ccccc3Cl)C2)C1. The summed E-state index contributed by atoms with van der Waals surface area (Å²) in [7, 11) is 0. The first kappa shape index (κ1) is 25.6. The highest BCUT2D eigenvalue weighted by molar-refractivity contribution is 6.31. The third-order valence-corrected chi connectivity index (χ3v) is 7.60. The standard InChI is InChI=1S/C28H34ClFN2O3/c1-3-35-28(34)22-8-6-12-32(18-22)27(33)24-14-23(20-10-11-26(30)19(2)13-20)16-31(17-24)15-21-7-4-5-9-25(21)29/h4-5,7,9-11,13,22-24H,3,6,8,12,14-18H2,1-2H3/t22-,23+,24+/m0/s1. The van der Waals surface area contributed by atoms with Crippen molar-refractivity contribution in [1.29, 1.82) is 0 Å². The van der Waals surface area contributed by atoms with Gasteiger partial charge >= 0.3 is 5.97 Å². The fourth-order valence-electron chi connectivity index (χ4n) is 5.42. The lowest BCUT2D eigenvalue weighted by Gasteiger charge is -2.41. The van der Waals surface area contributed by atoms with Crippen LogP contribution in [0.4, 0.5) is 4.39 Å². The Morgan fingerprint density at radius 1 is 1.11 bits per heavy atom. The van der Waals surface area contributed by atoms with Crippen LogP contribution >= 0.6 is 11.6 Å². The molecule has 7 heteroatoms. The third kappa shape index (κ3) is 6.22. The molecule has 188 valence electrons. The van der Waals surface area contributed by atoms with Crippen molar-refractivity contribution in [1.82, 2.24) is 9.80 Å². The number of carbonyl (C=O) groups is 2.